The summed E-state index contributed by atoms with van der Waals surface area (Å²) in [5, 5.41) is 0. The van der Waals surface area contributed by atoms with Crippen molar-refractivity contribution in [2.75, 3.05) is 0 Å². The van der Waals surface area contributed by atoms with Gasteiger partial charge in [-0.2, -0.15) is 0 Å². The molecule has 0 N–H and O–H groups in total. The minimum absolute atomic E-state index is 1.63. The quantitative estimate of drug-likeness (QED) is 0.499. The molecule has 0 unspecified atom stereocenters. The molecule has 0 saturated carbocycles. The molecule has 0 amide bonds. The van der Waals surface area contributed by atoms with Gasteiger partial charge in [-0.05, 0) is 0 Å². The van der Waals surface area contributed by atoms with Crippen molar-refractivity contribution in [1.82, 2.24) is 9.55 Å². The van der Waals surface area contributed by atoms with Crippen LogP contribution in [0.25, 0.3) is 0 Å². The molecule has 0 fully saturated rings. The van der Waals surface area contributed by atoms with Gasteiger partial charge in [0, 0.05) is 12.4 Å². The molecule has 0 spiro atoms. The standard InChI is InChI=1S/C5H5N2/c1-2-7-4-3-6-5-7/h3-5H,1H2. The van der Waals surface area contributed by atoms with Gasteiger partial charge in [0.2, 0.25) is 0 Å². The van der Waals surface area contributed by atoms with Gasteiger partial charge >= 0.3 is 0 Å². The Morgan fingerprint density at radius 3 is 2.86 bits per heavy atom. The SMILES string of the molecule is C=[C]n1ccnc1. The molecule has 2 nitrogen and oxygen atoms in total. The van der Waals surface area contributed by atoms with Crippen molar-refractivity contribution in [2.24, 2.45) is 0 Å². The van der Waals surface area contributed by atoms with Gasteiger partial charge in [0.05, 0.1) is 12.5 Å². The average molecular weight is 93.1 g/mol. The van der Waals surface area contributed by atoms with Crippen LogP contribution in [0, 0.1) is 6.20 Å². The van der Waals surface area contributed by atoms with Gasteiger partial charge in [-0.15, -0.1) is 0 Å². The van der Waals surface area contributed by atoms with Gasteiger partial charge in [0.25, 0.3) is 0 Å². The van der Waals surface area contributed by atoms with Gasteiger partial charge in [-0.25, -0.2) is 4.98 Å². The fourth-order valence-corrected chi connectivity index (χ4v) is 0.353. The van der Waals surface area contributed by atoms with E-state index in [1.807, 2.05) is 0 Å². The zero-order valence-electron chi connectivity index (χ0n) is 3.83. The summed E-state index contributed by atoms with van der Waals surface area (Å²) >= 11 is 0. The summed E-state index contributed by atoms with van der Waals surface area (Å²) in [6, 6.07) is 0. The molecule has 0 atom stereocenters. The Labute approximate surface area is 42.1 Å². The lowest BCUT2D eigenvalue weighted by molar-refractivity contribution is 1.03. The first-order chi connectivity index (χ1) is 3.43. The second-order valence-electron chi connectivity index (χ2n) is 1.13. The summed E-state index contributed by atoms with van der Waals surface area (Å²) < 4.78 is 1.65. The van der Waals surface area contributed by atoms with E-state index in [1.54, 1.807) is 23.3 Å². The number of hydrogen-bond acceptors (Lipinski definition) is 1. The summed E-state index contributed by atoms with van der Waals surface area (Å²) in [4.78, 5) is 3.75. The predicted octanol–water partition coefficient (Wildman–Crippen LogP) is 0.678. The van der Waals surface area contributed by atoms with Crippen LogP contribution in [0.4, 0.5) is 0 Å². The van der Waals surface area contributed by atoms with E-state index in [2.05, 4.69) is 17.8 Å². The zero-order valence-corrected chi connectivity index (χ0v) is 3.83. The van der Waals surface area contributed by atoms with Crippen LogP contribution in [0.3, 0.4) is 0 Å². The highest BCUT2D eigenvalue weighted by atomic mass is 15.0. The van der Waals surface area contributed by atoms with Crippen LogP contribution in [0.5, 0.6) is 0 Å². The Morgan fingerprint density at radius 2 is 2.57 bits per heavy atom. The minimum Gasteiger partial charge on any atom is -0.305 e. The molecule has 0 aliphatic carbocycles. The number of imidazole rings is 1. The highest BCUT2D eigenvalue weighted by Crippen LogP contribution is 1.78. The van der Waals surface area contributed by atoms with E-state index in [1.165, 1.54) is 0 Å². The molecule has 1 aromatic rings. The summed E-state index contributed by atoms with van der Waals surface area (Å²) in [7, 11) is 0. The normalized spacial score (nSPS) is 8.57. The number of hydrogen-bond donors (Lipinski definition) is 0. The van der Waals surface area contributed by atoms with E-state index < -0.39 is 0 Å². The lowest BCUT2D eigenvalue weighted by Crippen LogP contribution is -1.76. The summed E-state index contributed by atoms with van der Waals surface area (Å²) in [5.74, 6) is 0. The maximum absolute atomic E-state index is 3.75. The van der Waals surface area contributed by atoms with Gasteiger partial charge in [0.1, 0.15) is 0 Å². The van der Waals surface area contributed by atoms with E-state index in [9.17, 15) is 0 Å². The van der Waals surface area contributed by atoms with E-state index in [0.717, 1.165) is 0 Å². The lowest BCUT2D eigenvalue weighted by Gasteiger charge is -1.79. The molecule has 1 aromatic heterocycles. The van der Waals surface area contributed by atoms with Crippen LogP contribution in [-0.2, 0) is 0 Å². The smallest absolute Gasteiger partial charge is 0.0992 e. The van der Waals surface area contributed by atoms with Gasteiger partial charge in [0.15, 0.2) is 0 Å². The summed E-state index contributed by atoms with van der Waals surface area (Å²) in [6.07, 6.45) is 7.69. The Balaban J connectivity index is 2.96. The molecule has 1 rings (SSSR count). The van der Waals surface area contributed by atoms with Gasteiger partial charge in [-0.1, -0.05) is 6.58 Å². The van der Waals surface area contributed by atoms with Crippen molar-refractivity contribution in [3.8, 4) is 0 Å². The Bertz CT molecular complexity index is 141. The molecular formula is C5H5N2. The maximum atomic E-state index is 3.75. The third-order valence-corrected chi connectivity index (χ3v) is 0.687. The Morgan fingerprint density at radius 1 is 1.71 bits per heavy atom. The molecule has 1 heterocycles. The summed E-state index contributed by atoms with van der Waals surface area (Å²) in [5.41, 5.74) is 0. The molecule has 0 aromatic carbocycles. The number of rotatable bonds is 1. The van der Waals surface area contributed by atoms with E-state index in [-0.39, 0.29) is 0 Å². The molecule has 0 saturated heterocycles. The molecule has 7 heavy (non-hydrogen) atoms. The van der Waals surface area contributed by atoms with Crippen LogP contribution in [-0.4, -0.2) is 9.55 Å². The van der Waals surface area contributed by atoms with Crippen LogP contribution in [0.15, 0.2) is 25.3 Å². The lowest BCUT2D eigenvalue weighted by atomic mass is 10.9. The highest BCUT2D eigenvalue weighted by molar-refractivity contribution is 4.78. The number of aromatic nitrogens is 2. The Kier molecular flexibility index (Phi) is 0.941. The molecule has 0 bridgehead atoms. The second-order valence-corrected chi connectivity index (χ2v) is 1.13. The first-order valence-electron chi connectivity index (χ1n) is 1.94. The largest absolute Gasteiger partial charge is 0.305 e. The first kappa shape index (κ1) is 4.12. The van der Waals surface area contributed by atoms with Gasteiger partial charge < -0.3 is 4.57 Å². The zero-order chi connectivity index (χ0) is 5.11. The second kappa shape index (κ2) is 1.60. The molecule has 35 valence electrons. The van der Waals surface area contributed by atoms with Crippen molar-refractivity contribution in [3.05, 3.63) is 31.5 Å². The molecule has 0 aliphatic rings. The van der Waals surface area contributed by atoms with Crippen molar-refractivity contribution in [2.45, 2.75) is 0 Å². The predicted molar refractivity (Wildman–Crippen MR) is 26.5 cm³/mol. The molecule has 2 heteroatoms. The highest BCUT2D eigenvalue weighted by Gasteiger charge is 1.74. The molecule has 0 aliphatic heterocycles. The third-order valence-electron chi connectivity index (χ3n) is 0.687. The van der Waals surface area contributed by atoms with Crippen molar-refractivity contribution in [1.29, 1.82) is 0 Å². The summed E-state index contributed by atoms with van der Waals surface area (Å²) in [6.45, 7) is 3.40. The monoisotopic (exact) mass is 93.0 g/mol. The van der Waals surface area contributed by atoms with Crippen molar-refractivity contribution >= 4 is 0 Å². The minimum atomic E-state index is 1.63. The van der Waals surface area contributed by atoms with Crippen molar-refractivity contribution < 1.29 is 0 Å². The first-order valence-corrected chi connectivity index (χ1v) is 1.94. The average Bonchev–Trinajstić information content (AvgIpc) is 2.14. The fourth-order valence-electron chi connectivity index (χ4n) is 0.353. The van der Waals surface area contributed by atoms with Gasteiger partial charge in [-0.3, -0.25) is 0 Å². The maximum Gasteiger partial charge on any atom is 0.0992 e. The Hall–Kier alpha value is -1.05. The van der Waals surface area contributed by atoms with Crippen LogP contribution >= 0.6 is 0 Å². The topological polar surface area (TPSA) is 17.8 Å². The fraction of sp³-hybridized carbons (Fsp3) is 0. The van der Waals surface area contributed by atoms with Crippen molar-refractivity contribution in [3.63, 3.8) is 0 Å². The molecular weight excluding hydrogens is 88.1 g/mol. The van der Waals surface area contributed by atoms with Crippen LogP contribution in [0.2, 0.25) is 0 Å². The van der Waals surface area contributed by atoms with E-state index in [0.29, 0.717) is 0 Å². The van der Waals surface area contributed by atoms with E-state index >= 15 is 0 Å². The molecule has 1 radical (unpaired) electrons. The third kappa shape index (κ3) is 0.682. The van der Waals surface area contributed by atoms with Crippen LogP contribution < -0.4 is 0 Å². The van der Waals surface area contributed by atoms with E-state index in [4.69, 9.17) is 0 Å². The number of nitrogens with zero attached hydrogens (tertiary/aromatic N) is 2. The van der Waals surface area contributed by atoms with Crippen LogP contribution in [0.1, 0.15) is 0 Å².